The van der Waals surface area contributed by atoms with Gasteiger partial charge in [0.05, 0.1) is 24.2 Å². The number of halogens is 1. The average molecular weight is 429 g/mol. The van der Waals surface area contributed by atoms with Crippen molar-refractivity contribution in [1.29, 1.82) is 0 Å². The number of rotatable bonds is 7. The Morgan fingerprint density at radius 1 is 1.26 bits per heavy atom. The predicted molar refractivity (Wildman–Crippen MR) is 116 cm³/mol. The third-order valence-electron chi connectivity index (χ3n) is 4.99. The van der Waals surface area contributed by atoms with E-state index in [0.717, 1.165) is 37.2 Å². The predicted octanol–water partition coefficient (Wildman–Crippen LogP) is 3.45. The van der Waals surface area contributed by atoms with Crippen LogP contribution in [0.2, 0.25) is 0 Å². The Morgan fingerprint density at radius 3 is 2.84 bits per heavy atom. The highest BCUT2D eigenvalue weighted by Crippen LogP contribution is 2.22. The number of nitrogens with zero attached hydrogens (tertiary/aromatic N) is 2. The maximum absolute atomic E-state index is 14.2. The molecule has 166 valence electrons. The molecule has 2 heterocycles. The number of hydroxylamine groups is 1. The molecular weight excluding hydrogens is 401 g/mol. The van der Waals surface area contributed by atoms with E-state index in [9.17, 15) is 14.0 Å². The standard InChI is InChI=1S/C22H28FN5O3/c1-15-5-7-19(11-24-15)25-22(30)26-21-10-17(6-8-20(21)23)12-28-9-3-4-18(13-28)14-31-27-16(2)29/h5-8,10-11,18H,3-4,9,12-14H2,1-2H3,(H,27,29)(H2,25,26,30)/t18-/m0/s1. The van der Waals surface area contributed by atoms with E-state index in [1.807, 2.05) is 6.92 Å². The summed E-state index contributed by atoms with van der Waals surface area (Å²) in [4.78, 5) is 34.8. The van der Waals surface area contributed by atoms with Gasteiger partial charge < -0.3 is 10.6 Å². The van der Waals surface area contributed by atoms with Gasteiger partial charge in [-0.05, 0) is 62.1 Å². The van der Waals surface area contributed by atoms with Crippen LogP contribution in [0.25, 0.3) is 0 Å². The van der Waals surface area contributed by atoms with Crippen LogP contribution < -0.4 is 16.1 Å². The molecule has 1 fully saturated rings. The summed E-state index contributed by atoms with van der Waals surface area (Å²) in [5, 5.41) is 5.21. The minimum absolute atomic E-state index is 0.123. The van der Waals surface area contributed by atoms with Gasteiger partial charge in [-0.2, -0.15) is 0 Å². The fraction of sp³-hybridized carbons (Fsp3) is 0.409. The number of aryl methyl sites for hydroxylation is 1. The Hall–Kier alpha value is -3.04. The molecule has 2 aromatic rings. The lowest BCUT2D eigenvalue weighted by Gasteiger charge is -2.32. The number of carbonyl (C=O) groups excluding carboxylic acids is 2. The molecule has 3 rings (SSSR count). The van der Waals surface area contributed by atoms with E-state index < -0.39 is 11.8 Å². The third kappa shape index (κ3) is 7.30. The molecule has 8 nitrogen and oxygen atoms in total. The second-order valence-corrected chi connectivity index (χ2v) is 7.79. The Balaban J connectivity index is 1.55. The zero-order valence-electron chi connectivity index (χ0n) is 17.8. The molecule has 9 heteroatoms. The molecule has 1 atom stereocenters. The quantitative estimate of drug-likeness (QED) is 0.586. The van der Waals surface area contributed by atoms with Crippen molar-refractivity contribution in [3.63, 3.8) is 0 Å². The number of hydrogen-bond donors (Lipinski definition) is 3. The number of aromatic nitrogens is 1. The molecule has 0 bridgehead atoms. The van der Waals surface area contributed by atoms with Crippen molar-refractivity contribution in [3.05, 3.63) is 53.6 Å². The van der Waals surface area contributed by atoms with Crippen molar-refractivity contribution >= 4 is 23.3 Å². The molecule has 1 aromatic heterocycles. The first-order chi connectivity index (χ1) is 14.9. The number of nitrogens with one attached hydrogen (secondary N) is 3. The van der Waals surface area contributed by atoms with E-state index in [-0.39, 0.29) is 11.6 Å². The first-order valence-electron chi connectivity index (χ1n) is 10.3. The van der Waals surface area contributed by atoms with E-state index in [4.69, 9.17) is 4.84 Å². The molecule has 0 radical (unpaired) electrons. The van der Waals surface area contributed by atoms with Gasteiger partial charge in [0, 0.05) is 25.7 Å². The van der Waals surface area contributed by atoms with Crippen LogP contribution in [0.3, 0.4) is 0 Å². The summed E-state index contributed by atoms with van der Waals surface area (Å²) in [5.74, 6) is -0.407. The molecule has 0 saturated carbocycles. The first kappa shape index (κ1) is 22.6. The van der Waals surface area contributed by atoms with E-state index in [1.54, 1.807) is 30.5 Å². The van der Waals surface area contributed by atoms with Gasteiger partial charge in [-0.1, -0.05) is 6.07 Å². The zero-order chi connectivity index (χ0) is 22.2. The van der Waals surface area contributed by atoms with Gasteiger partial charge in [0.25, 0.3) is 0 Å². The van der Waals surface area contributed by atoms with Gasteiger partial charge in [0.1, 0.15) is 5.82 Å². The SMILES string of the molecule is CC(=O)NOC[C@H]1CCCN(Cc2ccc(F)c(NC(=O)Nc3ccc(C)nc3)c2)C1. The van der Waals surface area contributed by atoms with Gasteiger partial charge in [-0.15, -0.1) is 0 Å². The first-order valence-corrected chi connectivity index (χ1v) is 10.3. The van der Waals surface area contributed by atoms with Gasteiger partial charge in [0.15, 0.2) is 0 Å². The Morgan fingerprint density at radius 2 is 2.10 bits per heavy atom. The second-order valence-electron chi connectivity index (χ2n) is 7.79. The number of urea groups is 1. The van der Waals surface area contributed by atoms with Crippen molar-refractivity contribution in [3.8, 4) is 0 Å². The monoisotopic (exact) mass is 429 g/mol. The van der Waals surface area contributed by atoms with Crippen LogP contribution in [0.5, 0.6) is 0 Å². The highest BCUT2D eigenvalue weighted by molar-refractivity contribution is 5.99. The van der Waals surface area contributed by atoms with Crippen LogP contribution in [0.1, 0.15) is 31.0 Å². The molecule has 31 heavy (non-hydrogen) atoms. The fourth-order valence-corrected chi connectivity index (χ4v) is 3.54. The molecule has 1 aromatic carbocycles. The molecule has 1 aliphatic rings. The lowest BCUT2D eigenvalue weighted by Crippen LogP contribution is -2.38. The van der Waals surface area contributed by atoms with Crippen molar-refractivity contribution in [2.24, 2.45) is 5.92 Å². The smallest absolute Gasteiger partial charge is 0.306 e. The fourth-order valence-electron chi connectivity index (χ4n) is 3.54. The lowest BCUT2D eigenvalue weighted by atomic mass is 9.98. The zero-order valence-corrected chi connectivity index (χ0v) is 17.8. The van der Waals surface area contributed by atoms with Gasteiger partial charge in [-0.3, -0.25) is 19.5 Å². The number of anilines is 2. The average Bonchev–Trinajstić information content (AvgIpc) is 2.72. The summed E-state index contributed by atoms with van der Waals surface area (Å²) in [6, 6.07) is 7.72. The molecule has 3 N–H and O–H groups in total. The molecular formula is C22H28FN5O3. The van der Waals surface area contributed by atoms with Crippen LogP contribution in [0.4, 0.5) is 20.6 Å². The van der Waals surface area contributed by atoms with Crippen molar-refractivity contribution < 1.29 is 18.8 Å². The van der Waals surface area contributed by atoms with Crippen LogP contribution >= 0.6 is 0 Å². The number of likely N-dealkylation sites (tertiary alicyclic amines) is 1. The van der Waals surface area contributed by atoms with E-state index >= 15 is 0 Å². The molecule has 1 saturated heterocycles. The topological polar surface area (TPSA) is 95.6 Å². The van der Waals surface area contributed by atoms with Crippen LogP contribution in [0.15, 0.2) is 36.5 Å². The minimum atomic E-state index is -0.533. The largest absolute Gasteiger partial charge is 0.323 e. The van der Waals surface area contributed by atoms with Crippen LogP contribution in [-0.4, -0.2) is 41.5 Å². The number of carbonyl (C=O) groups is 2. The van der Waals surface area contributed by atoms with Crippen molar-refractivity contribution in [1.82, 2.24) is 15.4 Å². The van der Waals surface area contributed by atoms with E-state index in [2.05, 4.69) is 26.0 Å². The molecule has 0 aliphatic carbocycles. The van der Waals surface area contributed by atoms with Crippen LogP contribution in [-0.2, 0) is 16.2 Å². The van der Waals surface area contributed by atoms with Crippen molar-refractivity contribution in [2.45, 2.75) is 33.2 Å². The summed E-state index contributed by atoms with van der Waals surface area (Å²) in [5.41, 5.74) is 4.75. The van der Waals surface area contributed by atoms with Gasteiger partial charge >= 0.3 is 6.03 Å². The summed E-state index contributed by atoms with van der Waals surface area (Å²) < 4.78 is 14.2. The van der Waals surface area contributed by atoms with E-state index in [1.165, 1.54) is 13.0 Å². The van der Waals surface area contributed by atoms with Crippen molar-refractivity contribution in [2.75, 3.05) is 30.3 Å². The van der Waals surface area contributed by atoms with E-state index in [0.29, 0.717) is 24.8 Å². The number of hydrogen-bond acceptors (Lipinski definition) is 5. The number of pyridine rings is 1. The summed E-state index contributed by atoms with van der Waals surface area (Å²) in [7, 11) is 0. The summed E-state index contributed by atoms with van der Waals surface area (Å²) >= 11 is 0. The Kier molecular flexibility index (Phi) is 7.91. The maximum Gasteiger partial charge on any atom is 0.323 e. The second kappa shape index (κ2) is 10.8. The Bertz CT molecular complexity index is 907. The Labute approximate surface area is 181 Å². The highest BCUT2D eigenvalue weighted by Gasteiger charge is 2.21. The summed E-state index contributed by atoms with van der Waals surface area (Å²) in [6.45, 7) is 6.10. The van der Waals surface area contributed by atoms with Crippen LogP contribution in [0, 0.1) is 18.7 Å². The molecule has 0 unspecified atom stereocenters. The lowest BCUT2D eigenvalue weighted by molar-refractivity contribution is -0.132. The molecule has 0 spiro atoms. The normalized spacial score (nSPS) is 16.5. The molecule has 1 aliphatic heterocycles. The number of benzene rings is 1. The highest BCUT2D eigenvalue weighted by atomic mass is 19.1. The maximum atomic E-state index is 14.2. The molecule has 3 amide bonds. The van der Waals surface area contributed by atoms with Gasteiger partial charge in [-0.25, -0.2) is 14.7 Å². The number of amides is 3. The summed E-state index contributed by atoms with van der Waals surface area (Å²) in [6.07, 6.45) is 3.60. The minimum Gasteiger partial charge on any atom is -0.306 e. The number of piperidine rings is 1. The van der Waals surface area contributed by atoms with Gasteiger partial charge in [0.2, 0.25) is 5.91 Å². The third-order valence-corrected chi connectivity index (χ3v) is 4.99.